The smallest absolute Gasteiger partial charge is 0.238 e. The number of para-hydroxylation sites is 2. The predicted octanol–water partition coefficient (Wildman–Crippen LogP) is 7.37. The number of benzene rings is 2. The Labute approximate surface area is 221 Å². The lowest BCUT2D eigenvalue weighted by Gasteiger charge is -2.24. The van der Waals surface area contributed by atoms with Gasteiger partial charge in [0.1, 0.15) is 0 Å². The molecule has 6 nitrogen and oxygen atoms in total. The van der Waals surface area contributed by atoms with Crippen molar-refractivity contribution in [3.63, 3.8) is 0 Å². The van der Waals surface area contributed by atoms with Crippen molar-refractivity contribution in [2.24, 2.45) is 0 Å². The van der Waals surface area contributed by atoms with Gasteiger partial charge in [0.25, 0.3) is 0 Å². The molecule has 5 aromatic rings. The Morgan fingerprint density at radius 2 is 1.24 bits per heavy atom. The van der Waals surface area contributed by atoms with Crippen molar-refractivity contribution in [2.45, 2.75) is 12.8 Å². The quantitative estimate of drug-likeness (QED) is 0.256. The van der Waals surface area contributed by atoms with Crippen molar-refractivity contribution in [3.05, 3.63) is 134 Å². The van der Waals surface area contributed by atoms with E-state index >= 15 is 0 Å². The molecule has 0 atom stereocenters. The number of hydrogen-bond acceptors (Lipinski definition) is 5. The van der Waals surface area contributed by atoms with Gasteiger partial charge >= 0.3 is 0 Å². The molecular formula is C32H26N6. The Bertz CT molecular complexity index is 1730. The highest BCUT2D eigenvalue weighted by Gasteiger charge is 2.21. The van der Waals surface area contributed by atoms with E-state index in [4.69, 9.17) is 9.97 Å². The van der Waals surface area contributed by atoms with E-state index in [0.717, 1.165) is 34.6 Å². The number of fused-ring (bicyclic) bond motifs is 4. The highest BCUT2D eigenvalue weighted by Crippen LogP contribution is 2.34. The first-order valence-corrected chi connectivity index (χ1v) is 12.5. The lowest BCUT2D eigenvalue weighted by molar-refractivity contribution is 0.984. The molecule has 0 unspecified atom stereocenters. The van der Waals surface area contributed by atoms with E-state index in [9.17, 15) is 0 Å². The van der Waals surface area contributed by atoms with Crippen LogP contribution in [0.1, 0.15) is 12.8 Å². The summed E-state index contributed by atoms with van der Waals surface area (Å²) >= 11 is 0. The summed E-state index contributed by atoms with van der Waals surface area (Å²) in [6.07, 6.45) is 21.4. The van der Waals surface area contributed by atoms with Crippen molar-refractivity contribution in [3.8, 4) is 5.82 Å². The molecule has 1 aliphatic rings. The first-order valence-electron chi connectivity index (χ1n) is 12.5. The second kappa shape index (κ2) is 10.1. The molecule has 3 aromatic heterocycles. The number of nitrogens with zero attached hydrogens (tertiary/aromatic N) is 6. The van der Waals surface area contributed by atoms with E-state index < -0.39 is 0 Å². The number of anilines is 1. The molecule has 0 amide bonds. The fourth-order valence-electron chi connectivity index (χ4n) is 4.71. The van der Waals surface area contributed by atoms with Crippen LogP contribution < -0.4 is 4.90 Å². The molecule has 2 aromatic carbocycles. The third-order valence-corrected chi connectivity index (χ3v) is 6.44. The van der Waals surface area contributed by atoms with Crippen LogP contribution in [0.15, 0.2) is 134 Å². The van der Waals surface area contributed by atoms with Crippen molar-refractivity contribution in [2.75, 3.05) is 4.90 Å². The maximum atomic E-state index is 5.10. The summed E-state index contributed by atoms with van der Waals surface area (Å²) in [5.41, 5.74) is 4.53. The third-order valence-electron chi connectivity index (χ3n) is 6.44. The molecule has 0 spiro atoms. The molecular weight excluding hydrogens is 468 g/mol. The fraction of sp³-hybridized carbons (Fsp3) is 0.0625. The maximum absolute atomic E-state index is 5.10. The van der Waals surface area contributed by atoms with E-state index in [1.165, 1.54) is 0 Å². The normalized spacial score (nSPS) is 18.2. The van der Waals surface area contributed by atoms with E-state index in [2.05, 4.69) is 76.2 Å². The first kappa shape index (κ1) is 23.3. The Balaban J connectivity index is 1.62. The van der Waals surface area contributed by atoms with E-state index in [-0.39, 0.29) is 0 Å². The zero-order chi connectivity index (χ0) is 25.9. The molecule has 1 aliphatic heterocycles. The van der Waals surface area contributed by atoms with Crippen LogP contribution in [0.2, 0.25) is 0 Å². The zero-order valence-corrected chi connectivity index (χ0v) is 20.9. The highest BCUT2D eigenvalue weighted by atomic mass is 15.3. The number of rotatable bonds is 2. The monoisotopic (exact) mass is 494 g/mol. The Morgan fingerprint density at radius 1 is 0.658 bits per heavy atom. The Hall–Kier alpha value is -5.10. The van der Waals surface area contributed by atoms with E-state index in [1.807, 2.05) is 53.5 Å². The molecule has 6 heteroatoms. The van der Waals surface area contributed by atoms with Gasteiger partial charge in [-0.2, -0.15) is 9.97 Å². The molecule has 0 fully saturated rings. The van der Waals surface area contributed by atoms with Crippen LogP contribution in [0.5, 0.6) is 0 Å². The van der Waals surface area contributed by atoms with Crippen LogP contribution in [0.3, 0.4) is 0 Å². The third kappa shape index (κ3) is 4.22. The Kier molecular flexibility index (Phi) is 6.20. The summed E-state index contributed by atoms with van der Waals surface area (Å²) in [4.78, 5) is 21.0. The second-order valence-electron chi connectivity index (χ2n) is 8.92. The number of allylic oxidation sites excluding steroid dienone is 8. The molecule has 0 N–H and O–H groups in total. The SMILES string of the molecule is C=C1/C=C\C=C/CC/C=C\C=C/C(=C)N1c1nc(-n2c3ccccc3c3ccccc32)c2nccnc2n1. The van der Waals surface area contributed by atoms with Gasteiger partial charge in [0.2, 0.25) is 5.95 Å². The van der Waals surface area contributed by atoms with Gasteiger partial charge in [-0.05, 0) is 37.1 Å². The van der Waals surface area contributed by atoms with Gasteiger partial charge in [0.15, 0.2) is 17.0 Å². The molecule has 0 bridgehead atoms. The van der Waals surface area contributed by atoms with Crippen LogP contribution in [-0.4, -0.2) is 24.5 Å². The van der Waals surface area contributed by atoms with E-state index in [0.29, 0.717) is 34.3 Å². The highest BCUT2D eigenvalue weighted by molar-refractivity contribution is 6.09. The zero-order valence-electron chi connectivity index (χ0n) is 20.9. The van der Waals surface area contributed by atoms with Crippen LogP contribution in [-0.2, 0) is 0 Å². The Morgan fingerprint density at radius 3 is 1.87 bits per heavy atom. The molecule has 6 rings (SSSR count). The lowest BCUT2D eigenvalue weighted by atomic mass is 10.2. The van der Waals surface area contributed by atoms with Gasteiger partial charge in [-0.15, -0.1) is 0 Å². The van der Waals surface area contributed by atoms with Crippen LogP contribution in [0.25, 0.3) is 38.8 Å². The summed E-state index contributed by atoms with van der Waals surface area (Å²) in [6, 6.07) is 16.6. The maximum Gasteiger partial charge on any atom is 0.238 e. The van der Waals surface area contributed by atoms with Gasteiger partial charge < -0.3 is 0 Å². The molecule has 0 saturated carbocycles. The minimum atomic E-state index is 0.419. The fourth-order valence-corrected chi connectivity index (χ4v) is 4.71. The molecule has 0 saturated heterocycles. The number of aromatic nitrogens is 5. The summed E-state index contributed by atoms with van der Waals surface area (Å²) in [7, 11) is 0. The van der Waals surface area contributed by atoms with Gasteiger partial charge in [0.05, 0.1) is 11.0 Å². The molecule has 0 radical (unpaired) electrons. The second-order valence-corrected chi connectivity index (χ2v) is 8.92. The standard InChI is InChI=1S/C32H26N6/c1-23-15-9-7-5-3-4-6-8-10-16-24(2)37(23)32-35-30-29(33-21-22-34-30)31(36-32)38-27-19-13-11-17-25(27)26-18-12-14-20-28(26)38/h5-22H,1-4H2/b7-5-,8-6-,15-9-,16-10-. The minimum absolute atomic E-state index is 0.419. The number of hydrogen-bond donors (Lipinski definition) is 0. The van der Waals surface area contributed by atoms with Gasteiger partial charge in [-0.25, -0.2) is 9.97 Å². The van der Waals surface area contributed by atoms with E-state index in [1.54, 1.807) is 12.4 Å². The van der Waals surface area contributed by atoms with Crippen LogP contribution >= 0.6 is 0 Å². The topological polar surface area (TPSA) is 59.7 Å². The predicted molar refractivity (Wildman–Crippen MR) is 156 cm³/mol. The van der Waals surface area contributed by atoms with Crippen LogP contribution in [0.4, 0.5) is 5.95 Å². The molecule has 4 heterocycles. The summed E-state index contributed by atoms with van der Waals surface area (Å²) in [6.45, 7) is 8.63. The van der Waals surface area contributed by atoms with Gasteiger partial charge in [-0.1, -0.05) is 86.0 Å². The van der Waals surface area contributed by atoms with Crippen molar-refractivity contribution >= 4 is 38.9 Å². The van der Waals surface area contributed by atoms with Gasteiger partial charge in [0, 0.05) is 34.6 Å². The average molecular weight is 495 g/mol. The van der Waals surface area contributed by atoms with Crippen molar-refractivity contribution < 1.29 is 0 Å². The lowest BCUT2D eigenvalue weighted by Crippen LogP contribution is -2.22. The summed E-state index contributed by atoms with van der Waals surface area (Å²) < 4.78 is 2.14. The van der Waals surface area contributed by atoms with Crippen LogP contribution in [0, 0.1) is 0 Å². The summed E-state index contributed by atoms with van der Waals surface area (Å²) in [5, 5.41) is 2.28. The minimum Gasteiger partial charge on any atom is -0.292 e. The largest absolute Gasteiger partial charge is 0.292 e. The molecule has 0 aliphatic carbocycles. The average Bonchev–Trinajstić information content (AvgIpc) is 3.28. The molecule has 38 heavy (non-hydrogen) atoms. The van der Waals surface area contributed by atoms with Crippen molar-refractivity contribution in [1.82, 2.24) is 24.5 Å². The summed E-state index contributed by atoms with van der Waals surface area (Å²) in [5.74, 6) is 1.06. The first-order chi connectivity index (χ1) is 18.7. The van der Waals surface area contributed by atoms with Crippen molar-refractivity contribution in [1.29, 1.82) is 0 Å². The molecule has 184 valence electrons. The van der Waals surface area contributed by atoms with Gasteiger partial charge in [-0.3, -0.25) is 9.47 Å².